The largest absolute Gasteiger partial charge is 0.416 e. The number of anilines is 2. The minimum absolute atomic E-state index is 0.0419. The van der Waals surface area contributed by atoms with Crippen molar-refractivity contribution in [2.24, 2.45) is 5.92 Å². The second-order valence-electron chi connectivity index (χ2n) is 6.23. The monoisotopic (exact) mass is 379 g/mol. The zero-order valence-electron chi connectivity index (χ0n) is 14.9. The van der Waals surface area contributed by atoms with E-state index in [1.165, 1.54) is 12.1 Å². The van der Waals surface area contributed by atoms with Crippen LogP contribution in [0.2, 0.25) is 0 Å². The van der Waals surface area contributed by atoms with Gasteiger partial charge in [-0.1, -0.05) is 32.0 Å². The Kier molecular flexibility index (Phi) is 6.44. The fourth-order valence-corrected chi connectivity index (χ4v) is 2.18. The van der Waals surface area contributed by atoms with Crippen LogP contribution >= 0.6 is 0 Å². The van der Waals surface area contributed by atoms with Crippen molar-refractivity contribution >= 4 is 23.3 Å². The van der Waals surface area contributed by atoms with Crippen LogP contribution in [0.4, 0.5) is 29.3 Å². The minimum atomic E-state index is -4.48. The molecule has 0 saturated heterocycles. The van der Waals surface area contributed by atoms with E-state index in [1.807, 2.05) is 0 Å². The lowest BCUT2D eigenvalue weighted by Crippen LogP contribution is -2.28. The van der Waals surface area contributed by atoms with Gasteiger partial charge in [-0.2, -0.15) is 13.2 Å². The van der Waals surface area contributed by atoms with Crippen molar-refractivity contribution in [3.05, 3.63) is 59.7 Å². The van der Waals surface area contributed by atoms with Gasteiger partial charge >= 0.3 is 12.2 Å². The first-order valence-electron chi connectivity index (χ1n) is 8.27. The minimum Gasteiger partial charge on any atom is -0.334 e. The third-order valence-electron chi connectivity index (χ3n) is 3.62. The number of benzene rings is 2. The Labute approximate surface area is 155 Å². The predicted molar refractivity (Wildman–Crippen MR) is 97.2 cm³/mol. The summed E-state index contributed by atoms with van der Waals surface area (Å²) in [6.07, 6.45) is -4.48. The van der Waals surface area contributed by atoms with Gasteiger partial charge in [0.2, 0.25) is 5.91 Å². The maximum atomic E-state index is 12.7. The molecule has 0 bridgehead atoms. The van der Waals surface area contributed by atoms with Gasteiger partial charge in [0.1, 0.15) is 0 Å². The summed E-state index contributed by atoms with van der Waals surface area (Å²) in [4.78, 5) is 23.6. The summed E-state index contributed by atoms with van der Waals surface area (Å²) in [6.45, 7) is 3.70. The molecule has 0 radical (unpaired) electrons. The van der Waals surface area contributed by atoms with Gasteiger partial charge in [-0.25, -0.2) is 4.79 Å². The molecule has 0 unspecified atom stereocenters. The maximum absolute atomic E-state index is 12.7. The second-order valence-corrected chi connectivity index (χ2v) is 6.23. The third kappa shape index (κ3) is 6.32. The molecule has 0 aliphatic heterocycles. The fourth-order valence-electron chi connectivity index (χ4n) is 2.18. The first-order valence-corrected chi connectivity index (χ1v) is 8.27. The molecule has 0 aliphatic carbocycles. The summed E-state index contributed by atoms with van der Waals surface area (Å²) >= 11 is 0. The molecule has 0 spiro atoms. The Hall–Kier alpha value is -3.03. The molecular weight excluding hydrogens is 359 g/mol. The number of carbonyl (C=O) groups is 2. The Balaban J connectivity index is 1.93. The molecule has 2 rings (SSSR count). The average Bonchev–Trinajstić information content (AvgIpc) is 2.60. The molecule has 2 aromatic carbocycles. The van der Waals surface area contributed by atoms with Gasteiger partial charge in [-0.15, -0.1) is 0 Å². The van der Waals surface area contributed by atoms with Crippen LogP contribution in [-0.2, 0) is 17.5 Å². The summed E-state index contributed by atoms with van der Waals surface area (Å²) in [5.41, 5.74) is 0.538. The van der Waals surface area contributed by atoms with Crippen molar-refractivity contribution in [1.82, 2.24) is 5.32 Å². The first kappa shape index (κ1) is 20.3. The Morgan fingerprint density at radius 3 is 2.22 bits per heavy atom. The van der Waals surface area contributed by atoms with Crippen LogP contribution in [0.25, 0.3) is 0 Å². The summed E-state index contributed by atoms with van der Waals surface area (Å²) in [5.74, 6) is -0.285. The van der Waals surface area contributed by atoms with Crippen molar-refractivity contribution in [3.8, 4) is 0 Å². The van der Waals surface area contributed by atoms with Crippen LogP contribution < -0.4 is 16.0 Å². The summed E-state index contributed by atoms with van der Waals surface area (Å²) in [7, 11) is 0. The van der Waals surface area contributed by atoms with Crippen LogP contribution in [-0.4, -0.2) is 11.9 Å². The third-order valence-corrected chi connectivity index (χ3v) is 3.62. The van der Waals surface area contributed by atoms with E-state index in [1.54, 1.807) is 38.1 Å². The lowest BCUT2D eigenvalue weighted by Gasteiger charge is -2.12. The summed E-state index contributed by atoms with van der Waals surface area (Å²) < 4.78 is 38.1. The molecule has 27 heavy (non-hydrogen) atoms. The highest BCUT2D eigenvalue weighted by atomic mass is 19.4. The number of carbonyl (C=O) groups excluding carboxylic acids is 2. The van der Waals surface area contributed by atoms with Gasteiger partial charge < -0.3 is 16.0 Å². The standard InChI is InChI=1S/C19H20F3N3O2/c1-12(2)17(26)24-15-7-3-5-13(9-15)11-23-18(27)25-16-8-4-6-14(10-16)19(20,21)22/h3-10,12H,11H2,1-2H3,(H,24,26)(H2,23,25,27). The molecule has 0 atom stereocenters. The average molecular weight is 379 g/mol. The van der Waals surface area contributed by atoms with Gasteiger partial charge in [0, 0.05) is 23.8 Å². The van der Waals surface area contributed by atoms with E-state index in [0.717, 1.165) is 17.7 Å². The molecule has 144 valence electrons. The Bertz CT molecular complexity index is 820. The molecule has 0 saturated carbocycles. The lowest BCUT2D eigenvalue weighted by molar-refractivity contribution is -0.137. The van der Waals surface area contributed by atoms with Crippen LogP contribution in [0.3, 0.4) is 0 Å². The molecule has 8 heteroatoms. The molecule has 0 fully saturated rings. The molecular formula is C19H20F3N3O2. The number of urea groups is 1. The molecule has 0 aliphatic rings. The number of hydrogen-bond acceptors (Lipinski definition) is 2. The van der Waals surface area contributed by atoms with E-state index in [0.29, 0.717) is 5.69 Å². The van der Waals surface area contributed by atoms with Gasteiger partial charge in [0.25, 0.3) is 0 Å². The van der Waals surface area contributed by atoms with Gasteiger partial charge in [-0.05, 0) is 35.9 Å². The molecule has 2 aromatic rings. The molecule has 3 amide bonds. The summed E-state index contributed by atoms with van der Waals surface area (Å²) in [5, 5.41) is 7.69. The van der Waals surface area contributed by atoms with E-state index >= 15 is 0 Å². The number of rotatable bonds is 5. The van der Waals surface area contributed by atoms with Crippen LogP contribution in [0.15, 0.2) is 48.5 Å². The van der Waals surface area contributed by atoms with Gasteiger partial charge in [-0.3, -0.25) is 4.79 Å². The number of hydrogen-bond donors (Lipinski definition) is 3. The number of nitrogens with one attached hydrogen (secondary N) is 3. The van der Waals surface area contributed by atoms with Crippen LogP contribution in [0.1, 0.15) is 25.0 Å². The van der Waals surface area contributed by atoms with Gasteiger partial charge in [0.15, 0.2) is 0 Å². The first-order chi connectivity index (χ1) is 12.6. The van der Waals surface area contributed by atoms with Crippen molar-refractivity contribution in [3.63, 3.8) is 0 Å². The predicted octanol–water partition coefficient (Wildman–Crippen LogP) is 4.62. The molecule has 3 N–H and O–H groups in total. The van der Waals surface area contributed by atoms with E-state index in [9.17, 15) is 22.8 Å². The highest BCUT2D eigenvalue weighted by molar-refractivity contribution is 5.92. The normalized spacial score (nSPS) is 11.2. The number of amides is 3. The number of halogens is 3. The fraction of sp³-hybridized carbons (Fsp3) is 0.263. The van der Waals surface area contributed by atoms with Gasteiger partial charge in [0.05, 0.1) is 5.56 Å². The van der Waals surface area contributed by atoms with Crippen molar-refractivity contribution in [2.45, 2.75) is 26.6 Å². The zero-order chi connectivity index (χ0) is 20.0. The molecule has 0 aromatic heterocycles. The van der Waals surface area contributed by atoms with Crippen molar-refractivity contribution in [2.75, 3.05) is 10.6 Å². The van der Waals surface area contributed by atoms with E-state index in [4.69, 9.17) is 0 Å². The smallest absolute Gasteiger partial charge is 0.334 e. The number of alkyl halides is 3. The van der Waals surface area contributed by atoms with E-state index < -0.39 is 17.8 Å². The van der Waals surface area contributed by atoms with E-state index in [2.05, 4.69) is 16.0 Å². The van der Waals surface area contributed by atoms with Crippen LogP contribution in [0.5, 0.6) is 0 Å². The van der Waals surface area contributed by atoms with E-state index in [-0.39, 0.29) is 24.1 Å². The summed E-state index contributed by atoms with van der Waals surface area (Å²) in [6, 6.07) is 10.7. The van der Waals surface area contributed by atoms with Crippen LogP contribution in [0, 0.1) is 5.92 Å². The SMILES string of the molecule is CC(C)C(=O)Nc1cccc(CNC(=O)Nc2cccc(C(F)(F)F)c2)c1. The molecule has 0 heterocycles. The van der Waals surface area contributed by atoms with Crippen molar-refractivity contribution in [1.29, 1.82) is 0 Å². The Morgan fingerprint density at radius 1 is 0.963 bits per heavy atom. The Morgan fingerprint density at radius 2 is 1.59 bits per heavy atom. The lowest BCUT2D eigenvalue weighted by atomic mass is 10.1. The quantitative estimate of drug-likeness (QED) is 0.709. The second kappa shape index (κ2) is 8.57. The molecule has 5 nitrogen and oxygen atoms in total. The topological polar surface area (TPSA) is 70.2 Å². The maximum Gasteiger partial charge on any atom is 0.416 e. The highest BCUT2D eigenvalue weighted by Gasteiger charge is 2.30. The highest BCUT2D eigenvalue weighted by Crippen LogP contribution is 2.30. The zero-order valence-corrected chi connectivity index (χ0v) is 14.9. The van der Waals surface area contributed by atoms with Crippen molar-refractivity contribution < 1.29 is 22.8 Å².